The van der Waals surface area contributed by atoms with E-state index in [2.05, 4.69) is 87.7 Å². The van der Waals surface area contributed by atoms with Gasteiger partial charge in [-0.05, 0) is 0 Å². The number of rotatable bonds is 3. The van der Waals surface area contributed by atoms with Gasteiger partial charge >= 0.3 is 116 Å². The number of benzene rings is 2. The van der Waals surface area contributed by atoms with Crippen LogP contribution >= 0.6 is 0 Å². The zero-order valence-corrected chi connectivity index (χ0v) is 12.3. The Morgan fingerprint density at radius 3 is 1.56 bits per heavy atom. The summed E-state index contributed by atoms with van der Waals surface area (Å²) < 4.78 is 2.79. The normalized spacial score (nSPS) is 10.2. The molecule has 1 nitrogen and oxygen atoms in total. The first-order chi connectivity index (χ1) is 8.70. The first-order valence-corrected chi connectivity index (χ1v) is 6.76. The SMILES string of the molecule is Cc1ccc(C(N=C=[Se])c2ccc(C)cc2)cc1. The molecular weight excluding hydrogens is 285 g/mol. The minimum absolute atomic E-state index is 0.0208. The Morgan fingerprint density at radius 2 is 1.22 bits per heavy atom. The van der Waals surface area contributed by atoms with E-state index < -0.39 is 0 Å². The van der Waals surface area contributed by atoms with Crippen LogP contribution in [0.25, 0.3) is 0 Å². The van der Waals surface area contributed by atoms with Crippen molar-refractivity contribution >= 4 is 20.3 Å². The average Bonchev–Trinajstić information content (AvgIpc) is 2.39. The molecule has 0 unspecified atom stereocenters. The van der Waals surface area contributed by atoms with Crippen molar-refractivity contribution in [2.75, 3.05) is 0 Å². The average molecular weight is 300 g/mol. The number of aryl methyl sites for hydroxylation is 2. The van der Waals surface area contributed by atoms with Crippen LogP contribution in [0, 0.1) is 13.8 Å². The van der Waals surface area contributed by atoms with Crippen molar-refractivity contribution in [2.24, 2.45) is 4.99 Å². The molecule has 0 aliphatic heterocycles. The van der Waals surface area contributed by atoms with Gasteiger partial charge in [-0.15, -0.1) is 0 Å². The van der Waals surface area contributed by atoms with Crippen molar-refractivity contribution in [3.63, 3.8) is 0 Å². The molecule has 2 heteroatoms. The molecule has 0 saturated carbocycles. The monoisotopic (exact) mass is 301 g/mol. The van der Waals surface area contributed by atoms with E-state index in [-0.39, 0.29) is 6.04 Å². The number of hydrogen-bond donors (Lipinski definition) is 0. The first-order valence-electron chi connectivity index (χ1n) is 5.91. The molecule has 0 N–H and O–H groups in total. The summed E-state index contributed by atoms with van der Waals surface area (Å²) >= 11 is 2.72. The third kappa shape index (κ3) is 3.05. The summed E-state index contributed by atoms with van der Waals surface area (Å²) in [6, 6.07) is 17.0. The molecule has 2 aromatic carbocycles. The van der Waals surface area contributed by atoms with Crippen molar-refractivity contribution in [3.8, 4) is 0 Å². The van der Waals surface area contributed by atoms with E-state index in [1.165, 1.54) is 22.3 Å². The van der Waals surface area contributed by atoms with Gasteiger partial charge in [0.15, 0.2) is 0 Å². The predicted molar refractivity (Wildman–Crippen MR) is 77.4 cm³/mol. The molecule has 0 spiro atoms. The second kappa shape index (κ2) is 5.93. The summed E-state index contributed by atoms with van der Waals surface area (Å²) in [4.78, 5) is 4.42. The summed E-state index contributed by atoms with van der Waals surface area (Å²) in [7, 11) is 0. The molecule has 0 aliphatic rings. The Morgan fingerprint density at radius 1 is 0.833 bits per heavy atom. The zero-order valence-electron chi connectivity index (χ0n) is 10.6. The maximum absolute atomic E-state index is 4.42. The van der Waals surface area contributed by atoms with Gasteiger partial charge in [0.2, 0.25) is 0 Å². The maximum atomic E-state index is 4.42. The molecular formula is C16H15NSe. The van der Waals surface area contributed by atoms with Gasteiger partial charge in [0, 0.05) is 0 Å². The van der Waals surface area contributed by atoms with E-state index in [1.807, 2.05) is 0 Å². The van der Waals surface area contributed by atoms with Crippen LogP contribution in [0.5, 0.6) is 0 Å². The fourth-order valence-electron chi connectivity index (χ4n) is 1.89. The summed E-state index contributed by atoms with van der Waals surface area (Å²) in [5.41, 5.74) is 4.90. The Hall–Kier alpha value is -1.46. The van der Waals surface area contributed by atoms with Crippen LogP contribution in [-0.2, 0) is 0 Å². The van der Waals surface area contributed by atoms with E-state index >= 15 is 0 Å². The van der Waals surface area contributed by atoms with Gasteiger partial charge in [0.25, 0.3) is 0 Å². The molecule has 0 fully saturated rings. The molecule has 2 aromatic rings. The van der Waals surface area contributed by atoms with Crippen molar-refractivity contribution in [2.45, 2.75) is 19.9 Å². The third-order valence-electron chi connectivity index (χ3n) is 2.97. The zero-order chi connectivity index (χ0) is 13.0. The van der Waals surface area contributed by atoms with Gasteiger partial charge in [-0.1, -0.05) is 0 Å². The standard InChI is InChI=1S/C16H15NSe/c1-12-3-7-14(8-4-12)16(17-11-18)15-9-5-13(2)6-10-15/h3-10,16H,1-2H3. The van der Waals surface area contributed by atoms with E-state index in [4.69, 9.17) is 0 Å². The molecule has 0 amide bonds. The van der Waals surface area contributed by atoms with Crippen LogP contribution in [-0.4, -0.2) is 20.3 Å². The number of hydrogen-bond acceptors (Lipinski definition) is 1. The van der Waals surface area contributed by atoms with Gasteiger partial charge in [-0.25, -0.2) is 0 Å². The van der Waals surface area contributed by atoms with Crippen LogP contribution in [0.3, 0.4) is 0 Å². The number of aliphatic imine (C=N–C) groups is 1. The number of nitrogens with zero attached hydrogens (tertiary/aromatic N) is 1. The van der Waals surface area contributed by atoms with Gasteiger partial charge < -0.3 is 0 Å². The van der Waals surface area contributed by atoms with Crippen LogP contribution < -0.4 is 0 Å². The van der Waals surface area contributed by atoms with Crippen molar-refractivity contribution < 1.29 is 0 Å². The van der Waals surface area contributed by atoms with Gasteiger partial charge in [-0.3, -0.25) is 0 Å². The second-order valence-corrected chi connectivity index (χ2v) is 4.83. The fourth-order valence-corrected chi connectivity index (χ4v) is 2.11. The van der Waals surface area contributed by atoms with Crippen molar-refractivity contribution in [1.82, 2.24) is 0 Å². The predicted octanol–water partition coefficient (Wildman–Crippen LogP) is 3.47. The third-order valence-corrected chi connectivity index (χ3v) is 3.19. The van der Waals surface area contributed by atoms with Crippen LogP contribution in [0.2, 0.25) is 0 Å². The summed E-state index contributed by atoms with van der Waals surface area (Å²) in [6.07, 6.45) is 0. The molecule has 0 saturated heterocycles. The first kappa shape index (κ1) is 13.0. The van der Waals surface area contributed by atoms with E-state index in [9.17, 15) is 0 Å². The molecule has 2 rings (SSSR count). The molecule has 0 heterocycles. The van der Waals surface area contributed by atoms with Crippen molar-refractivity contribution in [1.29, 1.82) is 0 Å². The Balaban J connectivity index is 2.42. The molecule has 18 heavy (non-hydrogen) atoms. The summed E-state index contributed by atoms with van der Waals surface area (Å²) in [6.45, 7) is 4.18. The van der Waals surface area contributed by atoms with Gasteiger partial charge in [0.05, 0.1) is 0 Å². The molecule has 0 aliphatic carbocycles. The minimum atomic E-state index is 0.0208. The Bertz CT molecular complexity index is 518. The van der Waals surface area contributed by atoms with Crippen LogP contribution in [0.15, 0.2) is 53.5 Å². The van der Waals surface area contributed by atoms with Gasteiger partial charge in [0.1, 0.15) is 0 Å². The second-order valence-electron chi connectivity index (χ2n) is 4.44. The molecule has 0 atom stereocenters. The molecule has 0 radical (unpaired) electrons. The molecule has 90 valence electrons. The Kier molecular flexibility index (Phi) is 4.28. The summed E-state index contributed by atoms with van der Waals surface area (Å²) in [5.74, 6) is 0. The van der Waals surface area contributed by atoms with Gasteiger partial charge in [-0.2, -0.15) is 0 Å². The van der Waals surface area contributed by atoms with Crippen LogP contribution in [0.1, 0.15) is 28.3 Å². The van der Waals surface area contributed by atoms with E-state index in [1.54, 1.807) is 0 Å². The quantitative estimate of drug-likeness (QED) is 0.608. The van der Waals surface area contributed by atoms with E-state index in [0.29, 0.717) is 0 Å². The molecule has 0 bridgehead atoms. The van der Waals surface area contributed by atoms with Crippen molar-refractivity contribution in [3.05, 3.63) is 70.8 Å². The van der Waals surface area contributed by atoms with E-state index in [0.717, 1.165) is 0 Å². The van der Waals surface area contributed by atoms with Crippen LogP contribution in [0.4, 0.5) is 0 Å². The topological polar surface area (TPSA) is 12.4 Å². The summed E-state index contributed by atoms with van der Waals surface area (Å²) in [5, 5.41) is 0. The Labute approximate surface area is 116 Å². The fraction of sp³-hybridized carbons (Fsp3) is 0.188. The molecule has 0 aromatic heterocycles.